The maximum absolute atomic E-state index is 11.9. The number of nitrogens with zero attached hydrogens (tertiary/aromatic N) is 1. The minimum absolute atomic E-state index is 0.185. The van der Waals surface area contributed by atoms with Crippen LogP contribution in [0.1, 0.15) is 26.7 Å². The maximum Gasteiger partial charge on any atom is 0.227 e. The van der Waals surface area contributed by atoms with E-state index in [4.69, 9.17) is 0 Å². The topological polar surface area (TPSA) is 44.4 Å². The van der Waals surface area contributed by atoms with E-state index >= 15 is 0 Å². The van der Waals surface area contributed by atoms with E-state index in [0.717, 1.165) is 38.5 Å². The van der Waals surface area contributed by atoms with Gasteiger partial charge in [0.1, 0.15) is 0 Å². The number of hydrogen-bond donors (Lipinski definition) is 2. The average Bonchev–Trinajstić information content (AvgIpc) is 2.72. The third-order valence-corrected chi connectivity index (χ3v) is 4.34. The minimum Gasteiger partial charge on any atom is -0.359 e. The Morgan fingerprint density at radius 2 is 2.24 bits per heavy atom. The van der Waals surface area contributed by atoms with Gasteiger partial charge in [0, 0.05) is 26.2 Å². The van der Waals surface area contributed by atoms with Gasteiger partial charge in [-0.05, 0) is 38.8 Å². The van der Waals surface area contributed by atoms with Crippen LogP contribution >= 0.6 is 0 Å². The first-order chi connectivity index (χ1) is 8.05. The Labute approximate surface area is 104 Å². The van der Waals surface area contributed by atoms with Crippen molar-refractivity contribution in [1.29, 1.82) is 0 Å². The summed E-state index contributed by atoms with van der Waals surface area (Å²) in [6.45, 7) is 8.57. The van der Waals surface area contributed by atoms with Gasteiger partial charge in [0.2, 0.25) is 5.91 Å². The van der Waals surface area contributed by atoms with E-state index in [0.29, 0.717) is 6.04 Å². The van der Waals surface area contributed by atoms with Gasteiger partial charge in [0.05, 0.1) is 5.41 Å². The molecule has 2 aliphatic heterocycles. The van der Waals surface area contributed by atoms with Crippen molar-refractivity contribution in [2.75, 3.05) is 33.2 Å². The number of hydrogen-bond acceptors (Lipinski definition) is 3. The smallest absolute Gasteiger partial charge is 0.227 e. The Kier molecular flexibility index (Phi) is 3.73. The lowest BCUT2D eigenvalue weighted by Crippen LogP contribution is -2.49. The normalized spacial score (nSPS) is 39.2. The Hall–Kier alpha value is -0.610. The van der Waals surface area contributed by atoms with Crippen LogP contribution in [-0.4, -0.2) is 50.1 Å². The number of carbonyl (C=O) groups is 1. The third kappa shape index (κ3) is 2.63. The lowest BCUT2D eigenvalue weighted by Gasteiger charge is -2.35. The first kappa shape index (κ1) is 12.8. The lowest BCUT2D eigenvalue weighted by atomic mass is 9.88. The van der Waals surface area contributed by atoms with Crippen LogP contribution in [0, 0.1) is 11.3 Å². The summed E-state index contributed by atoms with van der Waals surface area (Å²) in [5.74, 6) is 0.942. The molecule has 2 saturated heterocycles. The molecule has 0 bridgehead atoms. The Morgan fingerprint density at radius 1 is 1.47 bits per heavy atom. The number of amides is 1. The molecule has 3 unspecified atom stereocenters. The van der Waals surface area contributed by atoms with Crippen molar-refractivity contribution in [3.05, 3.63) is 0 Å². The molecule has 2 rings (SSSR count). The molecule has 1 amide bonds. The molecule has 17 heavy (non-hydrogen) atoms. The Bertz CT molecular complexity index is 294. The molecule has 2 fully saturated rings. The van der Waals surface area contributed by atoms with Crippen LogP contribution in [0.4, 0.5) is 0 Å². The van der Waals surface area contributed by atoms with E-state index in [9.17, 15) is 4.79 Å². The zero-order chi connectivity index (χ0) is 12.5. The monoisotopic (exact) mass is 239 g/mol. The third-order valence-electron chi connectivity index (χ3n) is 4.34. The molecule has 4 nitrogen and oxygen atoms in total. The second-order valence-corrected chi connectivity index (χ2v) is 6.01. The van der Waals surface area contributed by atoms with E-state index in [1.165, 1.54) is 6.42 Å². The number of carbonyl (C=O) groups excluding carboxylic acids is 1. The predicted molar refractivity (Wildman–Crippen MR) is 68.8 cm³/mol. The molecule has 2 heterocycles. The maximum atomic E-state index is 11.9. The van der Waals surface area contributed by atoms with E-state index in [1.54, 1.807) is 7.05 Å². The molecule has 0 radical (unpaired) electrons. The summed E-state index contributed by atoms with van der Waals surface area (Å²) in [4.78, 5) is 14.4. The molecule has 0 aromatic heterocycles. The van der Waals surface area contributed by atoms with Crippen molar-refractivity contribution >= 4 is 5.91 Å². The fraction of sp³-hybridized carbons (Fsp3) is 0.923. The highest BCUT2D eigenvalue weighted by atomic mass is 16.2. The zero-order valence-corrected chi connectivity index (χ0v) is 11.3. The van der Waals surface area contributed by atoms with Crippen LogP contribution in [0.2, 0.25) is 0 Å². The quantitative estimate of drug-likeness (QED) is 0.735. The first-order valence-corrected chi connectivity index (χ1v) is 6.72. The predicted octanol–water partition coefficient (Wildman–Crippen LogP) is 0.442. The van der Waals surface area contributed by atoms with E-state index in [2.05, 4.69) is 29.4 Å². The molecule has 2 aliphatic rings. The SMILES string of the molecule is CNC(=O)C1(C)CCN(C2CNCC(C)C2)C1. The summed E-state index contributed by atoms with van der Waals surface area (Å²) in [7, 11) is 1.74. The number of likely N-dealkylation sites (tertiary alicyclic amines) is 1. The van der Waals surface area contributed by atoms with Crippen LogP contribution in [0.15, 0.2) is 0 Å². The summed E-state index contributed by atoms with van der Waals surface area (Å²) in [5, 5.41) is 6.29. The van der Waals surface area contributed by atoms with E-state index < -0.39 is 0 Å². The highest BCUT2D eigenvalue weighted by molar-refractivity contribution is 5.82. The Morgan fingerprint density at radius 3 is 2.88 bits per heavy atom. The van der Waals surface area contributed by atoms with Crippen molar-refractivity contribution in [1.82, 2.24) is 15.5 Å². The number of piperidine rings is 1. The van der Waals surface area contributed by atoms with E-state index in [-0.39, 0.29) is 11.3 Å². The number of nitrogens with one attached hydrogen (secondary N) is 2. The van der Waals surface area contributed by atoms with Crippen LogP contribution in [-0.2, 0) is 4.79 Å². The van der Waals surface area contributed by atoms with Crippen molar-refractivity contribution in [3.63, 3.8) is 0 Å². The molecular weight excluding hydrogens is 214 g/mol. The molecule has 0 spiro atoms. The molecule has 0 aromatic rings. The Balaban J connectivity index is 1.95. The van der Waals surface area contributed by atoms with Crippen molar-refractivity contribution in [2.24, 2.45) is 11.3 Å². The molecule has 4 heteroatoms. The summed E-state index contributed by atoms with van der Waals surface area (Å²) in [5.41, 5.74) is -0.185. The fourth-order valence-electron chi connectivity index (χ4n) is 3.20. The molecular formula is C13H25N3O. The van der Waals surface area contributed by atoms with Gasteiger partial charge in [-0.1, -0.05) is 6.92 Å². The second-order valence-electron chi connectivity index (χ2n) is 6.01. The first-order valence-electron chi connectivity index (χ1n) is 6.72. The van der Waals surface area contributed by atoms with Gasteiger partial charge in [0.25, 0.3) is 0 Å². The van der Waals surface area contributed by atoms with E-state index in [1.807, 2.05) is 0 Å². The highest BCUT2D eigenvalue weighted by Gasteiger charge is 2.42. The molecule has 0 aromatic carbocycles. The standard InChI is InChI=1S/C13H25N3O/c1-10-6-11(8-15-7-10)16-5-4-13(2,9-16)12(17)14-3/h10-11,15H,4-9H2,1-3H3,(H,14,17). The van der Waals surface area contributed by atoms with Gasteiger partial charge in [0.15, 0.2) is 0 Å². The van der Waals surface area contributed by atoms with Crippen LogP contribution in [0.5, 0.6) is 0 Å². The van der Waals surface area contributed by atoms with Crippen molar-refractivity contribution < 1.29 is 4.79 Å². The summed E-state index contributed by atoms with van der Waals surface area (Å²) >= 11 is 0. The minimum atomic E-state index is -0.185. The summed E-state index contributed by atoms with van der Waals surface area (Å²) < 4.78 is 0. The summed E-state index contributed by atoms with van der Waals surface area (Å²) in [6.07, 6.45) is 2.24. The van der Waals surface area contributed by atoms with Crippen LogP contribution in [0.25, 0.3) is 0 Å². The van der Waals surface area contributed by atoms with Gasteiger partial charge >= 0.3 is 0 Å². The van der Waals surface area contributed by atoms with Crippen LogP contribution < -0.4 is 10.6 Å². The van der Waals surface area contributed by atoms with Gasteiger partial charge in [-0.15, -0.1) is 0 Å². The van der Waals surface area contributed by atoms with Crippen LogP contribution in [0.3, 0.4) is 0 Å². The van der Waals surface area contributed by atoms with Gasteiger partial charge in [-0.25, -0.2) is 0 Å². The lowest BCUT2D eigenvalue weighted by molar-refractivity contribution is -0.129. The molecule has 0 aliphatic carbocycles. The van der Waals surface area contributed by atoms with Crippen molar-refractivity contribution in [2.45, 2.75) is 32.7 Å². The molecule has 0 saturated carbocycles. The summed E-state index contributed by atoms with van der Waals surface area (Å²) in [6, 6.07) is 0.616. The number of rotatable bonds is 2. The van der Waals surface area contributed by atoms with Crippen molar-refractivity contribution in [3.8, 4) is 0 Å². The second kappa shape index (κ2) is 4.94. The largest absolute Gasteiger partial charge is 0.359 e. The molecule has 3 atom stereocenters. The van der Waals surface area contributed by atoms with Gasteiger partial charge in [-0.3, -0.25) is 9.69 Å². The molecule has 2 N–H and O–H groups in total. The fourth-order valence-corrected chi connectivity index (χ4v) is 3.20. The zero-order valence-electron chi connectivity index (χ0n) is 11.3. The average molecular weight is 239 g/mol. The van der Waals surface area contributed by atoms with Gasteiger partial charge < -0.3 is 10.6 Å². The molecule has 98 valence electrons. The van der Waals surface area contributed by atoms with Gasteiger partial charge in [-0.2, -0.15) is 0 Å². The highest BCUT2D eigenvalue weighted by Crippen LogP contribution is 2.32.